The van der Waals surface area contributed by atoms with Gasteiger partial charge in [-0.05, 0) is 25.7 Å². The molecule has 0 aromatic heterocycles. The highest BCUT2D eigenvalue weighted by Crippen LogP contribution is 2.17. The summed E-state index contributed by atoms with van der Waals surface area (Å²) in [7, 11) is 1.28. The van der Waals surface area contributed by atoms with Gasteiger partial charge < -0.3 is 20.5 Å². The van der Waals surface area contributed by atoms with Crippen molar-refractivity contribution in [1.29, 1.82) is 0 Å². The smallest absolute Gasteiger partial charge is 0.328 e. The summed E-state index contributed by atoms with van der Waals surface area (Å²) in [6, 6.07) is -1.26. The first kappa shape index (κ1) is 13.9. The molecule has 6 nitrogen and oxygen atoms in total. The van der Waals surface area contributed by atoms with Crippen LogP contribution in [0.4, 0.5) is 0 Å². The molecule has 1 saturated heterocycles. The number of rotatable bonds is 4. The van der Waals surface area contributed by atoms with Gasteiger partial charge in [-0.2, -0.15) is 0 Å². The second kappa shape index (κ2) is 6.56. The summed E-state index contributed by atoms with van der Waals surface area (Å²) >= 11 is 0. The second-order valence-corrected chi connectivity index (χ2v) is 4.23. The minimum atomic E-state index is -0.668. The van der Waals surface area contributed by atoms with Gasteiger partial charge in [-0.15, -0.1) is 0 Å². The van der Waals surface area contributed by atoms with E-state index in [0.29, 0.717) is 13.2 Å². The fourth-order valence-corrected chi connectivity index (χ4v) is 1.83. The summed E-state index contributed by atoms with van der Waals surface area (Å²) in [5.74, 6) is -0.666. The first-order valence-corrected chi connectivity index (χ1v) is 5.77. The normalized spacial score (nSPS) is 20.4. The minimum Gasteiger partial charge on any atom is -0.467 e. The van der Waals surface area contributed by atoms with Crippen LogP contribution in [-0.2, 0) is 19.1 Å². The summed E-state index contributed by atoms with van der Waals surface area (Å²) < 4.78 is 9.73. The topological polar surface area (TPSA) is 90.7 Å². The number of nitrogens with two attached hydrogens (primary N) is 1. The van der Waals surface area contributed by atoms with Gasteiger partial charge in [0.1, 0.15) is 6.04 Å². The monoisotopic (exact) mass is 244 g/mol. The molecule has 3 N–H and O–H groups in total. The SMILES string of the molecule is COC(=O)[C@H](C)NC(=O)C(N)C1CCOCC1. The molecule has 6 heteroatoms. The van der Waals surface area contributed by atoms with E-state index in [1.165, 1.54) is 7.11 Å². The van der Waals surface area contributed by atoms with Crippen molar-refractivity contribution in [3.05, 3.63) is 0 Å². The van der Waals surface area contributed by atoms with Crippen molar-refractivity contribution in [1.82, 2.24) is 5.32 Å². The third-order valence-corrected chi connectivity index (χ3v) is 2.99. The largest absolute Gasteiger partial charge is 0.467 e. The number of ether oxygens (including phenoxy) is 2. The first-order valence-electron chi connectivity index (χ1n) is 5.77. The summed E-state index contributed by atoms with van der Waals surface area (Å²) in [5, 5.41) is 2.55. The minimum absolute atomic E-state index is 0.119. The molecule has 2 atom stereocenters. The van der Waals surface area contributed by atoms with Crippen LogP contribution in [0.3, 0.4) is 0 Å². The Kier molecular flexibility index (Phi) is 5.37. The molecule has 1 fully saturated rings. The van der Waals surface area contributed by atoms with E-state index in [2.05, 4.69) is 10.1 Å². The molecule has 1 rings (SSSR count). The lowest BCUT2D eigenvalue weighted by molar-refractivity contribution is -0.144. The van der Waals surface area contributed by atoms with Crippen LogP contribution in [0.15, 0.2) is 0 Å². The number of hydrogen-bond donors (Lipinski definition) is 2. The van der Waals surface area contributed by atoms with Crippen molar-refractivity contribution >= 4 is 11.9 Å². The quantitative estimate of drug-likeness (QED) is 0.646. The van der Waals surface area contributed by atoms with E-state index < -0.39 is 18.1 Å². The maximum atomic E-state index is 11.8. The van der Waals surface area contributed by atoms with Gasteiger partial charge in [0.2, 0.25) is 5.91 Å². The molecule has 0 radical (unpaired) electrons. The summed E-state index contributed by atoms with van der Waals surface area (Å²) in [6.45, 7) is 2.84. The first-order chi connectivity index (χ1) is 8.06. The van der Waals surface area contributed by atoms with E-state index in [-0.39, 0.29) is 11.8 Å². The molecular weight excluding hydrogens is 224 g/mol. The third-order valence-electron chi connectivity index (χ3n) is 2.99. The van der Waals surface area contributed by atoms with Crippen LogP contribution >= 0.6 is 0 Å². The van der Waals surface area contributed by atoms with Crippen LogP contribution in [0.25, 0.3) is 0 Å². The van der Waals surface area contributed by atoms with Crippen LogP contribution in [0.2, 0.25) is 0 Å². The highest BCUT2D eigenvalue weighted by atomic mass is 16.5. The number of nitrogens with one attached hydrogen (secondary N) is 1. The van der Waals surface area contributed by atoms with Crippen molar-refractivity contribution in [3.63, 3.8) is 0 Å². The van der Waals surface area contributed by atoms with Gasteiger partial charge >= 0.3 is 5.97 Å². The van der Waals surface area contributed by atoms with Gasteiger partial charge in [0.25, 0.3) is 0 Å². The summed E-state index contributed by atoms with van der Waals surface area (Å²) in [4.78, 5) is 22.9. The zero-order valence-corrected chi connectivity index (χ0v) is 10.3. The Balaban J connectivity index is 2.43. The number of amides is 1. The Hall–Kier alpha value is -1.14. The number of carbonyl (C=O) groups is 2. The standard InChI is InChI=1S/C11H20N2O4/c1-7(11(15)16-2)13-10(14)9(12)8-3-5-17-6-4-8/h7-9H,3-6,12H2,1-2H3,(H,13,14)/t7-,9?/m0/s1. The molecule has 1 aliphatic rings. The molecule has 0 aromatic carbocycles. The van der Waals surface area contributed by atoms with Crippen molar-refractivity contribution in [2.45, 2.75) is 31.8 Å². The van der Waals surface area contributed by atoms with Crippen LogP contribution in [0, 0.1) is 5.92 Å². The van der Waals surface area contributed by atoms with E-state index in [9.17, 15) is 9.59 Å². The highest BCUT2D eigenvalue weighted by molar-refractivity contribution is 5.87. The molecule has 0 bridgehead atoms. The Bertz CT molecular complexity index is 277. The van der Waals surface area contributed by atoms with E-state index in [1.807, 2.05) is 0 Å². The highest BCUT2D eigenvalue weighted by Gasteiger charge is 2.28. The lowest BCUT2D eigenvalue weighted by Gasteiger charge is -2.27. The van der Waals surface area contributed by atoms with E-state index in [1.54, 1.807) is 6.92 Å². The molecule has 1 heterocycles. The lowest BCUT2D eigenvalue weighted by atomic mass is 9.92. The van der Waals surface area contributed by atoms with Gasteiger partial charge in [-0.1, -0.05) is 0 Å². The van der Waals surface area contributed by atoms with E-state index in [0.717, 1.165) is 12.8 Å². The lowest BCUT2D eigenvalue weighted by Crippen LogP contribution is -2.51. The predicted octanol–water partition coefficient (Wildman–Crippen LogP) is -0.582. The zero-order chi connectivity index (χ0) is 12.8. The molecule has 0 saturated carbocycles. The molecule has 0 aliphatic carbocycles. The van der Waals surface area contributed by atoms with E-state index in [4.69, 9.17) is 10.5 Å². The van der Waals surface area contributed by atoms with Crippen molar-refractivity contribution in [2.24, 2.45) is 11.7 Å². The summed E-state index contributed by atoms with van der Waals surface area (Å²) in [5.41, 5.74) is 5.86. The fourth-order valence-electron chi connectivity index (χ4n) is 1.83. The van der Waals surface area contributed by atoms with E-state index >= 15 is 0 Å². The fraction of sp³-hybridized carbons (Fsp3) is 0.818. The Morgan fingerprint density at radius 2 is 2.00 bits per heavy atom. The molecule has 98 valence electrons. The third kappa shape index (κ3) is 3.98. The molecule has 1 amide bonds. The van der Waals surface area contributed by atoms with Gasteiger partial charge in [0.15, 0.2) is 0 Å². The number of methoxy groups -OCH3 is 1. The zero-order valence-electron chi connectivity index (χ0n) is 10.3. The Morgan fingerprint density at radius 1 is 1.41 bits per heavy atom. The summed E-state index contributed by atoms with van der Waals surface area (Å²) in [6.07, 6.45) is 1.56. The number of esters is 1. The van der Waals surface area contributed by atoms with Crippen molar-refractivity contribution in [3.8, 4) is 0 Å². The average Bonchev–Trinajstić information content (AvgIpc) is 2.37. The number of hydrogen-bond acceptors (Lipinski definition) is 5. The maximum Gasteiger partial charge on any atom is 0.328 e. The van der Waals surface area contributed by atoms with Gasteiger partial charge in [0.05, 0.1) is 13.2 Å². The number of carbonyl (C=O) groups excluding carboxylic acids is 2. The average molecular weight is 244 g/mol. The molecular formula is C11H20N2O4. The molecule has 0 spiro atoms. The van der Waals surface area contributed by atoms with Crippen LogP contribution < -0.4 is 11.1 Å². The van der Waals surface area contributed by atoms with Gasteiger partial charge in [-0.25, -0.2) is 4.79 Å². The molecule has 1 aliphatic heterocycles. The Labute approximate surface area is 101 Å². The predicted molar refractivity (Wildman–Crippen MR) is 61.1 cm³/mol. The van der Waals surface area contributed by atoms with Crippen molar-refractivity contribution < 1.29 is 19.1 Å². The molecule has 1 unspecified atom stereocenters. The van der Waals surface area contributed by atoms with Crippen LogP contribution in [-0.4, -0.2) is 44.3 Å². The van der Waals surface area contributed by atoms with Gasteiger partial charge in [0, 0.05) is 13.2 Å². The molecule has 17 heavy (non-hydrogen) atoms. The van der Waals surface area contributed by atoms with Crippen LogP contribution in [0.5, 0.6) is 0 Å². The van der Waals surface area contributed by atoms with Gasteiger partial charge in [-0.3, -0.25) is 4.79 Å². The second-order valence-electron chi connectivity index (χ2n) is 4.23. The van der Waals surface area contributed by atoms with Crippen molar-refractivity contribution in [2.75, 3.05) is 20.3 Å². The molecule has 0 aromatic rings. The maximum absolute atomic E-state index is 11.8. The van der Waals surface area contributed by atoms with Crippen LogP contribution in [0.1, 0.15) is 19.8 Å². The Morgan fingerprint density at radius 3 is 2.53 bits per heavy atom.